The first-order valence-electron chi connectivity index (χ1n) is 7.85. The number of carbonyl (C=O) groups is 1. The largest absolute Gasteiger partial charge is 0.334 e. The predicted molar refractivity (Wildman–Crippen MR) is 88.0 cm³/mol. The highest BCUT2D eigenvalue weighted by atomic mass is 16.2. The molecule has 1 aliphatic heterocycles. The molecule has 0 radical (unpaired) electrons. The van der Waals surface area contributed by atoms with E-state index in [1.54, 1.807) is 29.4 Å². The summed E-state index contributed by atoms with van der Waals surface area (Å²) >= 11 is 0. The minimum Gasteiger partial charge on any atom is -0.334 e. The van der Waals surface area contributed by atoms with E-state index >= 15 is 0 Å². The number of nitrogens with two attached hydrogens (primary N) is 1. The molecule has 23 heavy (non-hydrogen) atoms. The molecule has 2 aromatic rings. The van der Waals surface area contributed by atoms with Crippen molar-refractivity contribution in [2.75, 3.05) is 13.1 Å². The van der Waals surface area contributed by atoms with Crippen LogP contribution in [0.25, 0.3) is 11.3 Å². The molecule has 3 heterocycles. The van der Waals surface area contributed by atoms with Crippen LogP contribution in [-0.4, -0.2) is 39.9 Å². The molecule has 120 valence electrons. The van der Waals surface area contributed by atoms with E-state index in [2.05, 4.69) is 9.97 Å². The third kappa shape index (κ3) is 3.17. The van der Waals surface area contributed by atoms with Crippen molar-refractivity contribution in [3.8, 4) is 11.3 Å². The second kappa shape index (κ2) is 6.75. The fourth-order valence-corrected chi connectivity index (χ4v) is 3.01. The van der Waals surface area contributed by atoms with Crippen molar-refractivity contribution in [1.29, 1.82) is 0 Å². The van der Waals surface area contributed by atoms with Crippen molar-refractivity contribution in [1.82, 2.24) is 14.9 Å². The van der Waals surface area contributed by atoms with Crippen molar-refractivity contribution in [2.45, 2.75) is 25.3 Å². The topological polar surface area (TPSA) is 92.1 Å². The average Bonchev–Trinajstić information content (AvgIpc) is 2.61. The molecule has 0 bridgehead atoms. The Morgan fingerprint density at radius 3 is 2.74 bits per heavy atom. The number of H-pyrrole nitrogens is 1. The summed E-state index contributed by atoms with van der Waals surface area (Å²) in [7, 11) is 0. The Morgan fingerprint density at radius 1 is 1.26 bits per heavy atom. The number of rotatable bonds is 3. The molecule has 1 amide bonds. The van der Waals surface area contributed by atoms with Gasteiger partial charge in [0.05, 0.1) is 0 Å². The van der Waals surface area contributed by atoms with Crippen LogP contribution in [0, 0.1) is 0 Å². The van der Waals surface area contributed by atoms with Crippen molar-refractivity contribution < 1.29 is 4.79 Å². The minimum absolute atomic E-state index is 0.0236. The molecule has 2 aromatic heterocycles. The highest BCUT2D eigenvalue weighted by Crippen LogP contribution is 2.19. The highest BCUT2D eigenvalue weighted by molar-refractivity contribution is 5.94. The number of aromatic amines is 1. The minimum atomic E-state index is -0.370. The summed E-state index contributed by atoms with van der Waals surface area (Å²) in [4.78, 5) is 33.5. The fourth-order valence-electron chi connectivity index (χ4n) is 3.01. The zero-order valence-corrected chi connectivity index (χ0v) is 12.9. The van der Waals surface area contributed by atoms with E-state index in [0.29, 0.717) is 18.8 Å². The molecule has 6 heteroatoms. The lowest BCUT2D eigenvalue weighted by molar-refractivity contribution is 0.0621. The molecule has 0 aliphatic carbocycles. The van der Waals surface area contributed by atoms with Gasteiger partial charge in [0.25, 0.3) is 11.5 Å². The first-order valence-corrected chi connectivity index (χ1v) is 7.85. The number of carbonyl (C=O) groups excluding carboxylic acids is 1. The van der Waals surface area contributed by atoms with Gasteiger partial charge in [-0.1, -0.05) is 0 Å². The van der Waals surface area contributed by atoms with Crippen molar-refractivity contribution in [3.05, 3.63) is 52.6 Å². The average molecular weight is 312 g/mol. The molecule has 1 atom stereocenters. The molecule has 3 N–H and O–H groups in total. The number of nitrogens with zero attached hydrogens (tertiary/aromatic N) is 2. The predicted octanol–water partition coefficient (Wildman–Crippen LogP) is 1.39. The van der Waals surface area contributed by atoms with E-state index in [9.17, 15) is 9.59 Å². The molecule has 1 saturated heterocycles. The monoisotopic (exact) mass is 312 g/mol. The van der Waals surface area contributed by atoms with Crippen LogP contribution in [0.3, 0.4) is 0 Å². The number of pyridine rings is 2. The number of hydrogen-bond donors (Lipinski definition) is 2. The van der Waals surface area contributed by atoms with Gasteiger partial charge in [-0.25, -0.2) is 0 Å². The van der Waals surface area contributed by atoms with E-state index in [-0.39, 0.29) is 23.1 Å². The smallest absolute Gasteiger partial charge is 0.261 e. The van der Waals surface area contributed by atoms with Gasteiger partial charge < -0.3 is 15.6 Å². The number of aromatic nitrogens is 2. The zero-order chi connectivity index (χ0) is 16.2. The number of amides is 1. The number of piperidine rings is 1. The molecule has 0 aromatic carbocycles. The van der Waals surface area contributed by atoms with Crippen LogP contribution in [0.2, 0.25) is 0 Å². The van der Waals surface area contributed by atoms with Gasteiger partial charge in [-0.2, -0.15) is 0 Å². The Hall–Kier alpha value is -2.47. The quantitative estimate of drug-likeness (QED) is 0.896. The summed E-state index contributed by atoms with van der Waals surface area (Å²) in [6.45, 7) is 1.09. The Kier molecular flexibility index (Phi) is 4.52. The number of likely N-dealkylation sites (tertiary alicyclic amines) is 1. The van der Waals surface area contributed by atoms with Crippen LogP contribution in [0.15, 0.2) is 41.5 Å². The lowest BCUT2D eigenvalue weighted by Gasteiger charge is -2.34. The number of nitrogens with one attached hydrogen (secondary N) is 1. The summed E-state index contributed by atoms with van der Waals surface area (Å²) in [5.41, 5.74) is 7.09. The lowest BCUT2D eigenvalue weighted by Crippen LogP contribution is -2.48. The Labute approximate surface area is 134 Å². The molecule has 1 fully saturated rings. The van der Waals surface area contributed by atoms with Crippen molar-refractivity contribution >= 4 is 5.91 Å². The van der Waals surface area contributed by atoms with Crippen molar-refractivity contribution in [2.24, 2.45) is 5.73 Å². The van der Waals surface area contributed by atoms with Gasteiger partial charge in [0.2, 0.25) is 0 Å². The maximum Gasteiger partial charge on any atom is 0.261 e. The number of hydrogen-bond acceptors (Lipinski definition) is 4. The first kappa shape index (κ1) is 15.4. The molecule has 0 unspecified atom stereocenters. The summed E-state index contributed by atoms with van der Waals surface area (Å²) in [6, 6.07) is 6.99. The van der Waals surface area contributed by atoms with E-state index in [0.717, 1.165) is 24.8 Å². The molecule has 0 saturated carbocycles. The summed E-state index contributed by atoms with van der Waals surface area (Å²) in [5, 5.41) is 0. The van der Waals surface area contributed by atoms with Crippen LogP contribution >= 0.6 is 0 Å². The Bertz CT molecular complexity index is 742. The van der Waals surface area contributed by atoms with Crippen molar-refractivity contribution in [3.63, 3.8) is 0 Å². The first-order chi connectivity index (χ1) is 11.2. The highest BCUT2D eigenvalue weighted by Gasteiger charge is 2.27. The van der Waals surface area contributed by atoms with Crippen LogP contribution in [0.4, 0.5) is 0 Å². The third-order valence-electron chi connectivity index (χ3n) is 4.29. The molecule has 1 aliphatic rings. The second-order valence-corrected chi connectivity index (χ2v) is 5.73. The van der Waals surface area contributed by atoms with Crippen LogP contribution in [0.5, 0.6) is 0 Å². The van der Waals surface area contributed by atoms with Gasteiger partial charge in [0, 0.05) is 42.8 Å². The normalized spacial score (nSPS) is 18.0. The zero-order valence-electron chi connectivity index (χ0n) is 12.9. The maximum atomic E-state index is 12.7. The Morgan fingerprint density at radius 2 is 2.04 bits per heavy atom. The SMILES string of the molecule is NC[C@H]1CCCCN1C(=O)c1ccc(-c2ccncc2)[nH]c1=O. The Balaban J connectivity index is 1.89. The summed E-state index contributed by atoms with van der Waals surface area (Å²) in [5.74, 6) is -0.234. The van der Waals surface area contributed by atoms with E-state index < -0.39 is 0 Å². The third-order valence-corrected chi connectivity index (χ3v) is 4.29. The molecule has 6 nitrogen and oxygen atoms in total. The second-order valence-electron chi connectivity index (χ2n) is 5.73. The van der Waals surface area contributed by atoms with E-state index in [1.165, 1.54) is 0 Å². The summed E-state index contributed by atoms with van der Waals surface area (Å²) in [6.07, 6.45) is 6.24. The maximum absolute atomic E-state index is 12.7. The van der Waals surface area contributed by atoms with Gasteiger partial charge >= 0.3 is 0 Å². The summed E-state index contributed by atoms with van der Waals surface area (Å²) < 4.78 is 0. The molecule has 3 rings (SSSR count). The molecular formula is C17H20N4O2. The van der Waals surface area contributed by atoms with Gasteiger partial charge in [0.1, 0.15) is 5.56 Å². The van der Waals surface area contributed by atoms with Gasteiger partial charge in [-0.15, -0.1) is 0 Å². The van der Waals surface area contributed by atoms with E-state index in [4.69, 9.17) is 5.73 Å². The van der Waals surface area contributed by atoms with Crippen LogP contribution in [0.1, 0.15) is 29.6 Å². The van der Waals surface area contributed by atoms with Crippen LogP contribution < -0.4 is 11.3 Å². The van der Waals surface area contributed by atoms with Gasteiger partial charge in [-0.05, 0) is 43.5 Å². The molecular weight excluding hydrogens is 292 g/mol. The van der Waals surface area contributed by atoms with Gasteiger partial charge in [0.15, 0.2) is 0 Å². The fraction of sp³-hybridized carbons (Fsp3) is 0.353. The van der Waals surface area contributed by atoms with Gasteiger partial charge in [-0.3, -0.25) is 14.6 Å². The lowest BCUT2D eigenvalue weighted by atomic mass is 10.0. The molecule has 0 spiro atoms. The van der Waals surface area contributed by atoms with Crippen LogP contribution in [-0.2, 0) is 0 Å². The standard InChI is InChI=1S/C17H20N4O2/c18-11-13-3-1-2-10-21(13)17(23)14-4-5-15(20-16(14)22)12-6-8-19-9-7-12/h4-9,13H,1-3,10-11,18H2,(H,20,22)/t13-/m1/s1. The van der Waals surface area contributed by atoms with E-state index in [1.807, 2.05) is 12.1 Å².